The number of rotatable bonds is 12. The number of amides is 1. The first-order valence-electron chi connectivity index (χ1n) is 11.2. The second-order valence-corrected chi connectivity index (χ2v) is 8.00. The van der Waals surface area contributed by atoms with E-state index >= 15 is 0 Å². The van der Waals surface area contributed by atoms with Gasteiger partial charge in [0.05, 0.1) is 26.4 Å². The third kappa shape index (κ3) is 8.01. The van der Waals surface area contributed by atoms with Crippen LogP contribution in [0.2, 0.25) is 0 Å². The zero-order valence-electron chi connectivity index (χ0n) is 19.4. The van der Waals surface area contributed by atoms with Gasteiger partial charge in [0.25, 0.3) is 5.91 Å². The monoisotopic (exact) mass is 458 g/mol. The standard InChI is InChI=1S/C25H34N2O6/c1-30-14-13-27(25(29)20-8-10-22(31-2)11-9-20)18-24-17-26(12-15-32-24)16-21(28)19-33-23-6-4-3-5-7-23/h3-11,21,24,28H,12-19H2,1-2H3. The maximum Gasteiger partial charge on any atom is 0.254 e. The van der Waals surface area contributed by atoms with Crippen LogP contribution in [-0.4, -0.2) is 99.8 Å². The molecule has 1 amide bonds. The van der Waals surface area contributed by atoms with Crippen molar-refractivity contribution in [2.24, 2.45) is 0 Å². The van der Waals surface area contributed by atoms with Crippen molar-refractivity contribution in [1.29, 1.82) is 0 Å². The van der Waals surface area contributed by atoms with Crippen LogP contribution >= 0.6 is 0 Å². The molecule has 0 aliphatic carbocycles. The van der Waals surface area contributed by atoms with Gasteiger partial charge in [0.15, 0.2) is 0 Å². The van der Waals surface area contributed by atoms with Crippen LogP contribution in [0.4, 0.5) is 0 Å². The van der Waals surface area contributed by atoms with Crippen molar-refractivity contribution in [2.45, 2.75) is 12.2 Å². The molecule has 0 radical (unpaired) electrons. The van der Waals surface area contributed by atoms with Crippen LogP contribution in [0, 0.1) is 0 Å². The predicted molar refractivity (Wildman–Crippen MR) is 125 cm³/mol. The first kappa shape index (κ1) is 25.0. The number of aliphatic hydroxyl groups excluding tert-OH is 1. The predicted octanol–water partition coefficient (Wildman–Crippen LogP) is 1.92. The summed E-state index contributed by atoms with van der Waals surface area (Å²) in [5.41, 5.74) is 0.591. The minimum absolute atomic E-state index is 0.0771. The molecule has 2 unspecified atom stereocenters. The average Bonchev–Trinajstić information content (AvgIpc) is 2.86. The summed E-state index contributed by atoms with van der Waals surface area (Å²) < 4.78 is 22.0. The Morgan fingerprint density at radius 3 is 2.61 bits per heavy atom. The number of aliphatic hydroxyl groups is 1. The quantitative estimate of drug-likeness (QED) is 0.521. The number of ether oxygens (including phenoxy) is 4. The molecule has 1 aliphatic heterocycles. The number of hydrogen-bond acceptors (Lipinski definition) is 7. The van der Waals surface area contributed by atoms with E-state index in [-0.39, 0.29) is 18.6 Å². The van der Waals surface area contributed by atoms with Gasteiger partial charge in [0.1, 0.15) is 24.2 Å². The first-order chi connectivity index (χ1) is 16.1. The second kappa shape index (κ2) is 13.2. The van der Waals surface area contributed by atoms with Gasteiger partial charge in [-0.25, -0.2) is 0 Å². The molecule has 1 fully saturated rings. The number of hydrogen-bond donors (Lipinski definition) is 1. The minimum atomic E-state index is -0.616. The molecular formula is C25H34N2O6. The lowest BCUT2D eigenvalue weighted by Crippen LogP contribution is -2.51. The number of para-hydroxylation sites is 1. The van der Waals surface area contributed by atoms with Crippen molar-refractivity contribution in [2.75, 3.05) is 66.8 Å². The topological polar surface area (TPSA) is 80.7 Å². The van der Waals surface area contributed by atoms with Gasteiger partial charge < -0.3 is 29.0 Å². The smallest absolute Gasteiger partial charge is 0.254 e. The van der Waals surface area contributed by atoms with Gasteiger partial charge >= 0.3 is 0 Å². The summed E-state index contributed by atoms with van der Waals surface area (Å²) in [5, 5.41) is 10.4. The third-order valence-corrected chi connectivity index (χ3v) is 5.49. The van der Waals surface area contributed by atoms with E-state index in [0.29, 0.717) is 50.7 Å². The maximum atomic E-state index is 13.1. The summed E-state index contributed by atoms with van der Waals surface area (Å²) in [5.74, 6) is 1.37. The van der Waals surface area contributed by atoms with Crippen molar-refractivity contribution in [1.82, 2.24) is 9.80 Å². The fraction of sp³-hybridized carbons (Fsp3) is 0.480. The van der Waals surface area contributed by atoms with Crippen molar-refractivity contribution >= 4 is 5.91 Å². The molecule has 180 valence electrons. The van der Waals surface area contributed by atoms with Gasteiger partial charge in [-0.2, -0.15) is 0 Å². The molecule has 8 heteroatoms. The lowest BCUT2D eigenvalue weighted by molar-refractivity contribution is -0.0546. The van der Waals surface area contributed by atoms with Crippen LogP contribution in [0.5, 0.6) is 11.5 Å². The molecule has 8 nitrogen and oxygen atoms in total. The summed E-state index contributed by atoms with van der Waals surface area (Å²) >= 11 is 0. The van der Waals surface area contributed by atoms with Crippen molar-refractivity contribution in [3.8, 4) is 11.5 Å². The Bertz CT molecular complexity index is 833. The van der Waals surface area contributed by atoms with Gasteiger partial charge in [0, 0.05) is 45.4 Å². The minimum Gasteiger partial charge on any atom is -0.497 e. The highest BCUT2D eigenvalue weighted by atomic mass is 16.5. The van der Waals surface area contributed by atoms with Crippen molar-refractivity contribution < 1.29 is 28.8 Å². The van der Waals surface area contributed by atoms with E-state index in [9.17, 15) is 9.90 Å². The van der Waals surface area contributed by atoms with Gasteiger partial charge in [0.2, 0.25) is 0 Å². The number of carbonyl (C=O) groups excluding carboxylic acids is 1. The van der Waals surface area contributed by atoms with Gasteiger partial charge in [-0.3, -0.25) is 9.69 Å². The van der Waals surface area contributed by atoms with Crippen LogP contribution in [0.1, 0.15) is 10.4 Å². The van der Waals surface area contributed by atoms with E-state index < -0.39 is 6.10 Å². The molecular weight excluding hydrogens is 424 g/mol. The van der Waals surface area contributed by atoms with Crippen LogP contribution in [0.15, 0.2) is 54.6 Å². The fourth-order valence-corrected chi connectivity index (χ4v) is 3.76. The summed E-state index contributed by atoms with van der Waals surface area (Å²) in [6, 6.07) is 16.5. The molecule has 2 aromatic carbocycles. The third-order valence-electron chi connectivity index (χ3n) is 5.49. The van der Waals surface area contributed by atoms with E-state index in [2.05, 4.69) is 4.90 Å². The summed E-state index contributed by atoms with van der Waals surface area (Å²) in [4.78, 5) is 17.0. The summed E-state index contributed by atoms with van der Waals surface area (Å²) in [6.45, 7) is 3.96. The lowest BCUT2D eigenvalue weighted by Gasteiger charge is -2.36. The van der Waals surface area contributed by atoms with E-state index in [1.165, 1.54) is 0 Å². The average molecular weight is 459 g/mol. The Morgan fingerprint density at radius 1 is 1.15 bits per heavy atom. The Balaban J connectivity index is 1.53. The van der Waals surface area contributed by atoms with Crippen molar-refractivity contribution in [3.63, 3.8) is 0 Å². The summed E-state index contributed by atoms with van der Waals surface area (Å²) in [6.07, 6.45) is -0.769. The van der Waals surface area contributed by atoms with Crippen LogP contribution in [0.25, 0.3) is 0 Å². The lowest BCUT2D eigenvalue weighted by atomic mass is 10.1. The molecule has 0 spiro atoms. The Morgan fingerprint density at radius 2 is 1.91 bits per heavy atom. The molecule has 1 N–H and O–H groups in total. The van der Waals surface area contributed by atoms with Gasteiger partial charge in [-0.05, 0) is 36.4 Å². The highest BCUT2D eigenvalue weighted by Crippen LogP contribution is 2.15. The number of morpholine rings is 1. The zero-order chi connectivity index (χ0) is 23.5. The molecule has 1 heterocycles. The number of methoxy groups -OCH3 is 2. The van der Waals surface area contributed by atoms with Gasteiger partial charge in [-0.15, -0.1) is 0 Å². The number of nitrogens with zero attached hydrogens (tertiary/aromatic N) is 2. The Kier molecular flexibility index (Phi) is 9.96. The number of carbonyl (C=O) groups is 1. The molecule has 1 saturated heterocycles. The molecule has 3 rings (SSSR count). The number of β-amino-alcohol motifs (C(OH)–C–C–N with tert-alkyl or cyclic N) is 1. The zero-order valence-corrected chi connectivity index (χ0v) is 19.4. The molecule has 0 saturated carbocycles. The highest BCUT2D eigenvalue weighted by molar-refractivity contribution is 5.94. The van der Waals surface area contributed by atoms with Crippen LogP contribution < -0.4 is 9.47 Å². The van der Waals surface area contributed by atoms with Crippen LogP contribution in [-0.2, 0) is 9.47 Å². The molecule has 0 bridgehead atoms. The SMILES string of the molecule is COCCN(CC1CN(CC(O)COc2ccccc2)CCO1)C(=O)c1ccc(OC)cc1. The Hall–Kier alpha value is -2.65. The molecule has 33 heavy (non-hydrogen) atoms. The number of benzene rings is 2. The van der Waals surface area contributed by atoms with E-state index in [1.807, 2.05) is 30.3 Å². The van der Waals surface area contributed by atoms with E-state index in [4.69, 9.17) is 18.9 Å². The highest BCUT2D eigenvalue weighted by Gasteiger charge is 2.26. The fourth-order valence-electron chi connectivity index (χ4n) is 3.76. The summed E-state index contributed by atoms with van der Waals surface area (Å²) in [7, 11) is 3.21. The van der Waals surface area contributed by atoms with Crippen LogP contribution in [0.3, 0.4) is 0 Å². The Labute approximate surface area is 195 Å². The van der Waals surface area contributed by atoms with Crippen molar-refractivity contribution in [3.05, 3.63) is 60.2 Å². The normalized spacial score (nSPS) is 17.4. The molecule has 0 aromatic heterocycles. The maximum absolute atomic E-state index is 13.1. The van der Waals surface area contributed by atoms with Gasteiger partial charge in [-0.1, -0.05) is 18.2 Å². The molecule has 1 aliphatic rings. The van der Waals surface area contributed by atoms with E-state index in [1.54, 1.807) is 43.4 Å². The largest absolute Gasteiger partial charge is 0.497 e. The molecule has 2 atom stereocenters. The second-order valence-electron chi connectivity index (χ2n) is 8.00. The molecule has 2 aromatic rings. The first-order valence-corrected chi connectivity index (χ1v) is 11.2. The van der Waals surface area contributed by atoms with E-state index in [0.717, 1.165) is 12.3 Å².